The molecule has 31 heavy (non-hydrogen) atoms. The number of benzene rings is 1. The molecular formula is C26H36N4O. The lowest BCUT2D eigenvalue weighted by atomic mass is 9.82. The molecule has 166 valence electrons. The minimum Gasteiger partial charge on any atom is -0.348 e. The number of hydrogen-bond donors (Lipinski definition) is 1. The SMILES string of the molecule is O=C(Cc1ccccc1)N1CCc2[nH]cnc2C1C1CCN(CC2CCCCC2)CC1. The zero-order chi connectivity index (χ0) is 21.0. The van der Waals surface area contributed by atoms with Gasteiger partial charge in [-0.15, -0.1) is 0 Å². The molecule has 1 aromatic carbocycles. The van der Waals surface area contributed by atoms with Gasteiger partial charge in [0.2, 0.25) is 5.91 Å². The molecule has 1 unspecified atom stereocenters. The van der Waals surface area contributed by atoms with Gasteiger partial charge in [-0.2, -0.15) is 0 Å². The third kappa shape index (κ3) is 4.72. The monoisotopic (exact) mass is 420 g/mol. The fourth-order valence-electron chi connectivity index (χ4n) is 6.12. The molecule has 5 nitrogen and oxygen atoms in total. The number of nitrogens with one attached hydrogen (secondary N) is 1. The Bertz CT molecular complexity index is 849. The van der Waals surface area contributed by atoms with E-state index in [4.69, 9.17) is 4.98 Å². The van der Waals surface area contributed by atoms with Crippen LogP contribution in [-0.4, -0.2) is 51.9 Å². The molecule has 0 bridgehead atoms. The first kappa shape index (κ1) is 20.7. The summed E-state index contributed by atoms with van der Waals surface area (Å²) in [4.78, 5) is 26.2. The summed E-state index contributed by atoms with van der Waals surface area (Å²) in [5, 5.41) is 0. The molecule has 1 N–H and O–H groups in total. The van der Waals surface area contributed by atoms with E-state index in [0.29, 0.717) is 12.3 Å². The highest BCUT2D eigenvalue weighted by Gasteiger charge is 2.39. The lowest BCUT2D eigenvalue weighted by Gasteiger charge is -2.43. The van der Waals surface area contributed by atoms with Crippen LogP contribution in [0.1, 0.15) is 67.9 Å². The van der Waals surface area contributed by atoms with Gasteiger partial charge in [0.25, 0.3) is 0 Å². The highest BCUT2D eigenvalue weighted by molar-refractivity contribution is 5.79. The van der Waals surface area contributed by atoms with Crippen molar-refractivity contribution in [3.63, 3.8) is 0 Å². The van der Waals surface area contributed by atoms with Crippen molar-refractivity contribution >= 4 is 5.91 Å². The molecule has 5 rings (SSSR count). The third-order valence-electron chi connectivity index (χ3n) is 7.81. The highest BCUT2D eigenvalue weighted by Crippen LogP contribution is 2.39. The van der Waals surface area contributed by atoms with Gasteiger partial charge in [-0.05, 0) is 56.2 Å². The number of aromatic amines is 1. The number of piperidine rings is 1. The summed E-state index contributed by atoms with van der Waals surface area (Å²) in [6.07, 6.45) is 12.6. The molecule has 1 aliphatic carbocycles. The number of imidazole rings is 1. The number of carbonyl (C=O) groups is 1. The molecule has 2 fully saturated rings. The van der Waals surface area contributed by atoms with Crippen LogP contribution in [0.5, 0.6) is 0 Å². The minimum absolute atomic E-state index is 0.128. The van der Waals surface area contributed by atoms with E-state index < -0.39 is 0 Å². The molecule has 5 heteroatoms. The van der Waals surface area contributed by atoms with Gasteiger partial charge in [-0.25, -0.2) is 4.98 Å². The van der Waals surface area contributed by atoms with Crippen LogP contribution in [-0.2, 0) is 17.6 Å². The molecule has 2 aromatic rings. The molecular weight excluding hydrogens is 384 g/mol. The Balaban J connectivity index is 1.26. The lowest BCUT2D eigenvalue weighted by Crippen LogP contribution is -2.47. The first-order chi connectivity index (χ1) is 15.3. The molecule has 0 radical (unpaired) electrons. The first-order valence-electron chi connectivity index (χ1n) is 12.4. The van der Waals surface area contributed by atoms with Gasteiger partial charge in [-0.1, -0.05) is 49.6 Å². The van der Waals surface area contributed by atoms with Gasteiger partial charge >= 0.3 is 0 Å². The smallest absolute Gasteiger partial charge is 0.227 e. The zero-order valence-corrected chi connectivity index (χ0v) is 18.6. The van der Waals surface area contributed by atoms with E-state index in [0.717, 1.165) is 43.2 Å². The highest BCUT2D eigenvalue weighted by atomic mass is 16.2. The van der Waals surface area contributed by atoms with Gasteiger partial charge in [0, 0.05) is 25.2 Å². The Morgan fingerprint density at radius 1 is 1.00 bits per heavy atom. The van der Waals surface area contributed by atoms with Gasteiger partial charge in [0.05, 0.1) is 24.5 Å². The molecule has 1 saturated heterocycles. The number of aromatic nitrogens is 2. The Morgan fingerprint density at radius 3 is 2.55 bits per heavy atom. The summed E-state index contributed by atoms with van der Waals surface area (Å²) in [5.41, 5.74) is 3.46. The Morgan fingerprint density at radius 2 is 1.77 bits per heavy atom. The van der Waals surface area contributed by atoms with E-state index in [1.54, 1.807) is 0 Å². The quantitative estimate of drug-likeness (QED) is 0.781. The number of likely N-dealkylation sites (tertiary alicyclic amines) is 1. The predicted octanol–water partition coefficient (Wildman–Crippen LogP) is 4.37. The molecule has 0 spiro atoms. The van der Waals surface area contributed by atoms with Crippen LogP contribution in [0.15, 0.2) is 36.7 Å². The van der Waals surface area contributed by atoms with E-state index in [2.05, 4.69) is 26.9 Å². The van der Waals surface area contributed by atoms with Gasteiger partial charge in [0.15, 0.2) is 0 Å². The number of hydrogen-bond acceptors (Lipinski definition) is 3. The summed E-state index contributed by atoms with van der Waals surface area (Å²) in [5.74, 6) is 1.65. The largest absolute Gasteiger partial charge is 0.348 e. The fraction of sp³-hybridized carbons (Fsp3) is 0.615. The van der Waals surface area contributed by atoms with Crippen molar-refractivity contribution in [2.24, 2.45) is 11.8 Å². The molecule has 1 aromatic heterocycles. The normalized spacial score (nSPS) is 23.6. The average Bonchev–Trinajstić information content (AvgIpc) is 3.29. The number of fused-ring (bicyclic) bond motifs is 1. The maximum Gasteiger partial charge on any atom is 0.227 e. The van der Waals surface area contributed by atoms with Crippen molar-refractivity contribution < 1.29 is 4.79 Å². The van der Waals surface area contributed by atoms with Gasteiger partial charge in [0.1, 0.15) is 0 Å². The van der Waals surface area contributed by atoms with Crippen molar-refractivity contribution in [3.8, 4) is 0 Å². The van der Waals surface area contributed by atoms with Crippen molar-refractivity contribution in [3.05, 3.63) is 53.6 Å². The second-order valence-corrected chi connectivity index (χ2v) is 9.85. The van der Waals surface area contributed by atoms with Crippen LogP contribution in [0.4, 0.5) is 0 Å². The molecule has 1 saturated carbocycles. The molecule has 3 heterocycles. The molecule has 1 amide bonds. The second kappa shape index (κ2) is 9.56. The predicted molar refractivity (Wildman–Crippen MR) is 123 cm³/mol. The number of amides is 1. The number of nitrogens with zero attached hydrogens (tertiary/aromatic N) is 3. The number of rotatable bonds is 5. The number of carbonyl (C=O) groups excluding carboxylic acids is 1. The van der Waals surface area contributed by atoms with Crippen LogP contribution in [0.25, 0.3) is 0 Å². The van der Waals surface area contributed by atoms with Crippen LogP contribution in [0.3, 0.4) is 0 Å². The number of H-pyrrole nitrogens is 1. The summed E-state index contributed by atoms with van der Waals surface area (Å²) in [6.45, 7) is 4.41. The Labute approximate surface area is 186 Å². The maximum absolute atomic E-state index is 13.4. The van der Waals surface area contributed by atoms with Crippen molar-refractivity contribution in [2.45, 2.75) is 63.8 Å². The second-order valence-electron chi connectivity index (χ2n) is 9.85. The van der Waals surface area contributed by atoms with Gasteiger partial charge < -0.3 is 14.8 Å². The summed E-state index contributed by atoms with van der Waals surface area (Å²) in [6, 6.07) is 10.3. The lowest BCUT2D eigenvalue weighted by molar-refractivity contribution is -0.135. The first-order valence-corrected chi connectivity index (χ1v) is 12.4. The third-order valence-corrected chi connectivity index (χ3v) is 7.81. The average molecular weight is 421 g/mol. The Kier molecular flexibility index (Phi) is 6.40. The topological polar surface area (TPSA) is 52.2 Å². The van der Waals surface area contributed by atoms with Crippen LogP contribution in [0, 0.1) is 11.8 Å². The Hall–Kier alpha value is -2.14. The fourth-order valence-corrected chi connectivity index (χ4v) is 6.12. The summed E-state index contributed by atoms with van der Waals surface area (Å²) in [7, 11) is 0. The zero-order valence-electron chi connectivity index (χ0n) is 18.6. The van der Waals surface area contributed by atoms with Crippen molar-refractivity contribution in [1.29, 1.82) is 0 Å². The van der Waals surface area contributed by atoms with E-state index in [-0.39, 0.29) is 11.9 Å². The van der Waals surface area contributed by atoms with E-state index in [1.807, 2.05) is 24.5 Å². The molecule has 1 atom stereocenters. The van der Waals surface area contributed by atoms with E-state index >= 15 is 0 Å². The van der Waals surface area contributed by atoms with Gasteiger partial charge in [-0.3, -0.25) is 4.79 Å². The van der Waals surface area contributed by atoms with E-state index in [9.17, 15) is 4.79 Å². The van der Waals surface area contributed by atoms with Crippen LogP contribution in [0.2, 0.25) is 0 Å². The van der Waals surface area contributed by atoms with Crippen molar-refractivity contribution in [2.75, 3.05) is 26.2 Å². The maximum atomic E-state index is 13.4. The molecule has 2 aliphatic heterocycles. The minimum atomic E-state index is 0.128. The molecule has 3 aliphatic rings. The van der Waals surface area contributed by atoms with Crippen LogP contribution >= 0.6 is 0 Å². The van der Waals surface area contributed by atoms with Crippen molar-refractivity contribution in [1.82, 2.24) is 19.8 Å². The van der Waals surface area contributed by atoms with Crippen LogP contribution < -0.4 is 0 Å². The summed E-state index contributed by atoms with van der Waals surface area (Å²) < 4.78 is 0. The summed E-state index contributed by atoms with van der Waals surface area (Å²) >= 11 is 0. The standard InChI is InChI=1S/C26H36N4O/c31-24(17-20-7-3-1-4-8-20)30-16-13-23-25(28-19-27-23)26(30)22-11-14-29(15-12-22)18-21-9-5-2-6-10-21/h1,3-4,7-8,19,21-22,26H,2,5-6,9-18H2,(H,27,28). The van der Waals surface area contributed by atoms with E-state index in [1.165, 1.54) is 57.2 Å².